The van der Waals surface area contributed by atoms with Crippen LogP contribution in [-0.4, -0.2) is 48.6 Å². The fraction of sp³-hybridized carbons (Fsp3) is 0.458. The highest BCUT2D eigenvalue weighted by atomic mass is 32.2. The Kier molecular flexibility index (Phi) is 8.43. The molecule has 2 amide bonds. The molecule has 0 saturated heterocycles. The van der Waals surface area contributed by atoms with E-state index in [-0.39, 0.29) is 24.4 Å². The van der Waals surface area contributed by atoms with E-state index in [1.54, 1.807) is 36.5 Å². The third kappa shape index (κ3) is 6.85. The predicted molar refractivity (Wildman–Crippen MR) is 126 cm³/mol. The van der Waals surface area contributed by atoms with E-state index < -0.39 is 0 Å². The van der Waals surface area contributed by atoms with Gasteiger partial charge in [0.05, 0.1) is 17.4 Å². The fourth-order valence-corrected chi connectivity index (χ4v) is 4.63. The zero-order valence-corrected chi connectivity index (χ0v) is 19.3. The van der Waals surface area contributed by atoms with Crippen LogP contribution in [0, 0.1) is 0 Å². The number of thioether (sulfide) groups is 1. The number of fused-ring (bicyclic) bond motifs is 1. The molecule has 1 aliphatic heterocycles. The van der Waals surface area contributed by atoms with Gasteiger partial charge in [-0.2, -0.15) is 0 Å². The van der Waals surface area contributed by atoms with Crippen LogP contribution in [0.25, 0.3) is 0 Å². The largest absolute Gasteiger partial charge is 0.454 e. The first-order valence-corrected chi connectivity index (χ1v) is 12.3. The van der Waals surface area contributed by atoms with E-state index in [1.807, 2.05) is 0 Å². The molecule has 2 N–H and O–H groups in total. The van der Waals surface area contributed by atoms with Gasteiger partial charge in [-0.15, -0.1) is 0 Å². The second kappa shape index (κ2) is 11.9. The molecular weight excluding hydrogens is 442 g/mol. The number of hydrogen-bond donors (Lipinski definition) is 2. The molecule has 2 heterocycles. The Morgan fingerprint density at radius 3 is 2.85 bits per heavy atom. The van der Waals surface area contributed by atoms with Crippen molar-refractivity contribution in [1.82, 2.24) is 10.3 Å². The van der Waals surface area contributed by atoms with Gasteiger partial charge < -0.3 is 24.8 Å². The lowest BCUT2D eigenvalue weighted by molar-refractivity contribution is -0.113. The summed E-state index contributed by atoms with van der Waals surface area (Å²) >= 11 is 1.23. The van der Waals surface area contributed by atoms with Gasteiger partial charge >= 0.3 is 0 Å². The van der Waals surface area contributed by atoms with Crippen LogP contribution in [0.4, 0.5) is 5.69 Å². The van der Waals surface area contributed by atoms with Crippen LogP contribution in [0.5, 0.6) is 11.5 Å². The monoisotopic (exact) mass is 471 g/mol. The van der Waals surface area contributed by atoms with Gasteiger partial charge in [-0.05, 0) is 43.5 Å². The van der Waals surface area contributed by atoms with Crippen molar-refractivity contribution in [3.05, 3.63) is 42.1 Å². The number of carbonyl (C=O) groups excluding carboxylic acids is 2. The van der Waals surface area contributed by atoms with Gasteiger partial charge in [0.15, 0.2) is 11.5 Å². The Morgan fingerprint density at radius 1 is 1.12 bits per heavy atom. The number of benzene rings is 1. The molecule has 9 heteroatoms. The van der Waals surface area contributed by atoms with Crippen molar-refractivity contribution in [3.63, 3.8) is 0 Å². The first kappa shape index (κ1) is 23.4. The lowest BCUT2D eigenvalue weighted by Crippen LogP contribution is -2.27. The molecule has 0 spiro atoms. The third-order valence-corrected chi connectivity index (χ3v) is 6.53. The van der Waals surface area contributed by atoms with Gasteiger partial charge in [0.2, 0.25) is 12.7 Å². The van der Waals surface area contributed by atoms with Crippen LogP contribution in [0.15, 0.2) is 41.6 Å². The number of rotatable bonds is 10. The molecule has 0 bridgehead atoms. The van der Waals surface area contributed by atoms with E-state index >= 15 is 0 Å². The van der Waals surface area contributed by atoms with E-state index in [0.717, 1.165) is 19.3 Å². The molecule has 2 aromatic rings. The molecule has 176 valence electrons. The van der Waals surface area contributed by atoms with Crippen LogP contribution in [0.1, 0.15) is 48.9 Å². The Balaban J connectivity index is 1.21. The molecule has 1 aliphatic carbocycles. The van der Waals surface area contributed by atoms with E-state index in [9.17, 15) is 9.59 Å². The highest BCUT2D eigenvalue weighted by Gasteiger charge is 2.17. The second-order valence-corrected chi connectivity index (χ2v) is 8.97. The molecule has 4 rings (SSSR count). The molecular formula is C24H29N3O5S. The summed E-state index contributed by atoms with van der Waals surface area (Å²) in [4.78, 5) is 29.3. The SMILES string of the molecule is O=C(CSc1ncccc1C(=O)NCCCOC1CCCCC1)Nc1ccc2c(c1)OCO2. The van der Waals surface area contributed by atoms with Crippen molar-refractivity contribution in [2.24, 2.45) is 0 Å². The number of carbonyl (C=O) groups is 2. The van der Waals surface area contributed by atoms with Crippen LogP contribution in [-0.2, 0) is 9.53 Å². The first-order valence-electron chi connectivity index (χ1n) is 11.4. The summed E-state index contributed by atoms with van der Waals surface area (Å²) in [5.41, 5.74) is 1.09. The lowest BCUT2D eigenvalue weighted by atomic mass is 9.98. The average Bonchev–Trinajstić information content (AvgIpc) is 3.31. The average molecular weight is 472 g/mol. The van der Waals surface area contributed by atoms with Gasteiger partial charge in [0.1, 0.15) is 5.03 Å². The summed E-state index contributed by atoms with van der Waals surface area (Å²) in [6.07, 6.45) is 8.85. The topological polar surface area (TPSA) is 98.8 Å². The third-order valence-electron chi connectivity index (χ3n) is 5.52. The number of hydrogen-bond acceptors (Lipinski definition) is 7. The molecule has 1 aromatic carbocycles. The molecule has 0 unspecified atom stereocenters. The minimum absolute atomic E-state index is 0.126. The Hall–Kier alpha value is -2.78. The van der Waals surface area contributed by atoms with Crippen LogP contribution in [0.2, 0.25) is 0 Å². The standard InChI is InChI=1S/C24H29N3O5S/c28-22(27-17-9-10-20-21(14-17)32-16-31-20)15-33-24-19(8-4-11-26-24)23(29)25-12-5-13-30-18-6-2-1-3-7-18/h4,8-11,14,18H,1-3,5-7,12-13,15-16H2,(H,25,29)(H,27,28). The number of amides is 2. The van der Waals surface area contributed by atoms with E-state index in [1.165, 1.54) is 31.0 Å². The van der Waals surface area contributed by atoms with Crippen molar-refractivity contribution in [2.45, 2.75) is 49.7 Å². The van der Waals surface area contributed by atoms with Crippen molar-refractivity contribution >= 4 is 29.3 Å². The second-order valence-electron chi connectivity index (χ2n) is 8.00. The summed E-state index contributed by atoms with van der Waals surface area (Å²) in [6.45, 7) is 1.37. The number of nitrogens with zero attached hydrogens (tertiary/aromatic N) is 1. The van der Waals surface area contributed by atoms with E-state index in [2.05, 4.69) is 15.6 Å². The molecule has 8 nitrogen and oxygen atoms in total. The van der Waals surface area contributed by atoms with Crippen LogP contribution < -0.4 is 20.1 Å². The Bertz CT molecular complexity index is 965. The first-order chi connectivity index (χ1) is 16.2. The van der Waals surface area contributed by atoms with Crippen molar-refractivity contribution in [2.75, 3.05) is 31.0 Å². The maximum absolute atomic E-state index is 12.6. The predicted octanol–water partition coefficient (Wildman–Crippen LogP) is 4.01. The van der Waals surface area contributed by atoms with Gasteiger partial charge in [0.25, 0.3) is 5.91 Å². The van der Waals surface area contributed by atoms with Gasteiger partial charge in [-0.3, -0.25) is 9.59 Å². The highest BCUT2D eigenvalue weighted by molar-refractivity contribution is 8.00. The van der Waals surface area contributed by atoms with Crippen molar-refractivity contribution in [3.8, 4) is 11.5 Å². The number of pyridine rings is 1. The smallest absolute Gasteiger partial charge is 0.254 e. The Labute approximate surface area is 197 Å². The van der Waals surface area contributed by atoms with E-state index in [4.69, 9.17) is 14.2 Å². The normalized spacial score (nSPS) is 15.3. The molecule has 33 heavy (non-hydrogen) atoms. The van der Waals surface area contributed by atoms with Gasteiger partial charge in [0, 0.05) is 31.1 Å². The summed E-state index contributed by atoms with van der Waals surface area (Å²) in [6, 6.07) is 8.68. The zero-order valence-electron chi connectivity index (χ0n) is 18.5. The summed E-state index contributed by atoms with van der Waals surface area (Å²) in [5, 5.41) is 6.28. The molecule has 1 aromatic heterocycles. The van der Waals surface area contributed by atoms with Crippen molar-refractivity contribution < 1.29 is 23.8 Å². The maximum atomic E-state index is 12.6. The minimum Gasteiger partial charge on any atom is -0.454 e. The fourth-order valence-electron chi connectivity index (χ4n) is 3.84. The zero-order chi connectivity index (χ0) is 22.9. The number of aromatic nitrogens is 1. The number of anilines is 1. The van der Waals surface area contributed by atoms with Crippen molar-refractivity contribution in [1.29, 1.82) is 0 Å². The maximum Gasteiger partial charge on any atom is 0.254 e. The molecule has 1 saturated carbocycles. The van der Waals surface area contributed by atoms with Gasteiger partial charge in [-0.25, -0.2) is 4.98 Å². The van der Waals surface area contributed by atoms with Crippen LogP contribution in [0.3, 0.4) is 0 Å². The lowest BCUT2D eigenvalue weighted by Gasteiger charge is -2.21. The molecule has 2 aliphatic rings. The quantitative estimate of drug-likeness (QED) is 0.399. The van der Waals surface area contributed by atoms with E-state index in [0.29, 0.717) is 47.0 Å². The highest BCUT2D eigenvalue weighted by Crippen LogP contribution is 2.34. The number of ether oxygens (including phenoxy) is 3. The Morgan fingerprint density at radius 2 is 1.97 bits per heavy atom. The van der Waals surface area contributed by atoms with Gasteiger partial charge in [-0.1, -0.05) is 31.0 Å². The summed E-state index contributed by atoms with van der Waals surface area (Å²) in [5.74, 6) is 0.997. The van der Waals surface area contributed by atoms with Crippen LogP contribution >= 0.6 is 11.8 Å². The molecule has 0 atom stereocenters. The molecule has 1 fully saturated rings. The number of nitrogens with one attached hydrogen (secondary N) is 2. The summed E-state index contributed by atoms with van der Waals surface area (Å²) < 4.78 is 16.5. The minimum atomic E-state index is -0.198. The molecule has 0 radical (unpaired) electrons. The summed E-state index contributed by atoms with van der Waals surface area (Å²) in [7, 11) is 0.